The van der Waals surface area contributed by atoms with E-state index in [0.29, 0.717) is 6.42 Å². The van der Waals surface area contributed by atoms with Crippen LogP contribution in [0.15, 0.2) is 18.2 Å². The minimum absolute atomic E-state index is 0.289. The van der Waals surface area contributed by atoms with Crippen molar-refractivity contribution in [1.29, 1.82) is 0 Å². The second kappa shape index (κ2) is 9.38. The molecule has 0 atom stereocenters. The lowest BCUT2D eigenvalue weighted by molar-refractivity contribution is -0.131. The smallest absolute Gasteiger partial charge is 0.222 e. The van der Waals surface area contributed by atoms with Gasteiger partial charge in [-0.3, -0.25) is 4.79 Å². The maximum Gasteiger partial charge on any atom is 0.222 e. The summed E-state index contributed by atoms with van der Waals surface area (Å²) in [6.45, 7) is 13.7. The Balaban J connectivity index is 1.81. The van der Waals surface area contributed by atoms with E-state index < -0.39 is 0 Å². The Morgan fingerprint density at radius 1 is 1.03 bits per heavy atom. The highest BCUT2D eigenvalue weighted by molar-refractivity contribution is 5.76. The molecule has 5 heteroatoms. The molecule has 1 aromatic heterocycles. The fourth-order valence-corrected chi connectivity index (χ4v) is 4.02. The van der Waals surface area contributed by atoms with Crippen LogP contribution in [0.3, 0.4) is 0 Å². The Bertz CT molecular complexity index is 869. The van der Waals surface area contributed by atoms with Crippen LogP contribution in [-0.4, -0.2) is 47.0 Å². The average molecular weight is 395 g/mol. The molecule has 0 saturated carbocycles. The molecule has 0 radical (unpaired) electrons. The summed E-state index contributed by atoms with van der Waals surface area (Å²) in [4.78, 5) is 26.2. The molecule has 0 bridgehead atoms. The SMILES string of the molecule is CCCCC(=O)N1CCN(c2nc(C)nc(C)c2Cc2cc(C)ccc2C)CC1. The minimum Gasteiger partial charge on any atom is -0.353 e. The number of carbonyl (C=O) groups excluding carboxylic acids is 1. The van der Waals surface area contributed by atoms with Gasteiger partial charge >= 0.3 is 0 Å². The van der Waals surface area contributed by atoms with Crippen LogP contribution in [0.4, 0.5) is 5.82 Å². The number of carbonyl (C=O) groups is 1. The monoisotopic (exact) mass is 394 g/mol. The third-order valence-electron chi connectivity index (χ3n) is 5.85. The highest BCUT2D eigenvalue weighted by atomic mass is 16.2. The van der Waals surface area contributed by atoms with E-state index in [1.165, 1.54) is 22.3 Å². The van der Waals surface area contributed by atoms with E-state index in [4.69, 9.17) is 4.98 Å². The van der Waals surface area contributed by atoms with Crippen molar-refractivity contribution in [2.45, 2.75) is 60.3 Å². The van der Waals surface area contributed by atoms with Gasteiger partial charge in [0, 0.05) is 50.3 Å². The minimum atomic E-state index is 0.289. The highest BCUT2D eigenvalue weighted by Gasteiger charge is 2.24. The van der Waals surface area contributed by atoms with Crippen molar-refractivity contribution < 1.29 is 4.79 Å². The van der Waals surface area contributed by atoms with Gasteiger partial charge in [0.05, 0.1) is 0 Å². The number of anilines is 1. The van der Waals surface area contributed by atoms with Gasteiger partial charge in [-0.15, -0.1) is 0 Å². The predicted molar refractivity (Wildman–Crippen MR) is 119 cm³/mol. The molecule has 2 aromatic rings. The second-order valence-electron chi connectivity index (χ2n) is 8.24. The summed E-state index contributed by atoms with van der Waals surface area (Å²) in [7, 11) is 0. The van der Waals surface area contributed by atoms with Gasteiger partial charge in [-0.25, -0.2) is 9.97 Å². The van der Waals surface area contributed by atoms with Crippen LogP contribution < -0.4 is 4.90 Å². The molecule has 3 rings (SSSR count). The zero-order valence-corrected chi connectivity index (χ0v) is 18.6. The standard InChI is InChI=1S/C24H34N4O/c1-6-7-8-23(29)27-11-13-28(14-12-27)24-22(19(4)25-20(5)26-24)16-21-15-17(2)9-10-18(21)3/h9-10,15H,6-8,11-14,16H2,1-5H3. The van der Waals surface area contributed by atoms with E-state index in [9.17, 15) is 4.79 Å². The maximum atomic E-state index is 12.4. The van der Waals surface area contributed by atoms with Crippen LogP contribution in [0.1, 0.15) is 60.0 Å². The fourth-order valence-electron chi connectivity index (χ4n) is 4.02. The van der Waals surface area contributed by atoms with Gasteiger partial charge in [0.15, 0.2) is 0 Å². The molecule has 1 amide bonds. The molecule has 0 N–H and O–H groups in total. The summed E-state index contributed by atoms with van der Waals surface area (Å²) in [5.74, 6) is 2.14. The Labute approximate surface area is 175 Å². The van der Waals surface area contributed by atoms with Crippen LogP contribution in [0, 0.1) is 27.7 Å². The number of hydrogen-bond donors (Lipinski definition) is 0. The van der Waals surface area contributed by atoms with Gasteiger partial charge in [-0.05, 0) is 45.2 Å². The van der Waals surface area contributed by atoms with Crippen molar-refractivity contribution in [2.24, 2.45) is 0 Å². The van der Waals surface area contributed by atoms with Gasteiger partial charge in [0.1, 0.15) is 11.6 Å². The molecular formula is C24H34N4O. The molecule has 0 aliphatic carbocycles. The average Bonchev–Trinajstić information content (AvgIpc) is 2.70. The van der Waals surface area contributed by atoms with Crippen LogP contribution in [0.5, 0.6) is 0 Å². The molecule has 1 aliphatic rings. The Morgan fingerprint density at radius 3 is 2.45 bits per heavy atom. The van der Waals surface area contributed by atoms with E-state index >= 15 is 0 Å². The molecular weight excluding hydrogens is 360 g/mol. The lowest BCUT2D eigenvalue weighted by Gasteiger charge is -2.36. The zero-order chi connectivity index (χ0) is 21.0. The Kier molecular flexibility index (Phi) is 6.88. The number of rotatable bonds is 6. The highest BCUT2D eigenvalue weighted by Crippen LogP contribution is 2.26. The first-order valence-corrected chi connectivity index (χ1v) is 10.8. The summed E-state index contributed by atoms with van der Waals surface area (Å²) in [5, 5.41) is 0. The fraction of sp³-hybridized carbons (Fsp3) is 0.542. The summed E-state index contributed by atoms with van der Waals surface area (Å²) in [5.41, 5.74) is 6.16. The van der Waals surface area contributed by atoms with Crippen LogP contribution in [0.2, 0.25) is 0 Å². The number of aromatic nitrogens is 2. The molecule has 1 fully saturated rings. The second-order valence-corrected chi connectivity index (χ2v) is 8.24. The summed E-state index contributed by atoms with van der Waals surface area (Å²) in [6.07, 6.45) is 3.54. The summed E-state index contributed by atoms with van der Waals surface area (Å²) >= 11 is 0. The first kappa shape index (κ1) is 21.3. The van der Waals surface area contributed by atoms with E-state index in [1.807, 2.05) is 11.8 Å². The number of unbranched alkanes of at least 4 members (excludes halogenated alkanes) is 1. The zero-order valence-electron chi connectivity index (χ0n) is 18.6. The number of hydrogen-bond acceptors (Lipinski definition) is 4. The number of nitrogens with zero attached hydrogens (tertiary/aromatic N) is 4. The molecule has 2 heterocycles. The third kappa shape index (κ3) is 5.14. The Hall–Kier alpha value is -2.43. The topological polar surface area (TPSA) is 49.3 Å². The van der Waals surface area contributed by atoms with E-state index in [0.717, 1.165) is 62.8 Å². The van der Waals surface area contributed by atoms with Crippen molar-refractivity contribution in [3.8, 4) is 0 Å². The molecule has 29 heavy (non-hydrogen) atoms. The molecule has 1 aliphatic heterocycles. The first-order valence-electron chi connectivity index (χ1n) is 10.8. The van der Waals surface area contributed by atoms with Crippen LogP contribution in [-0.2, 0) is 11.2 Å². The van der Waals surface area contributed by atoms with Gasteiger partial charge in [-0.1, -0.05) is 37.1 Å². The number of piperazine rings is 1. The number of amides is 1. The molecule has 1 aromatic carbocycles. The first-order chi connectivity index (χ1) is 13.9. The lowest BCUT2D eigenvalue weighted by atomic mass is 9.97. The third-order valence-corrected chi connectivity index (χ3v) is 5.85. The van der Waals surface area contributed by atoms with Gasteiger partial charge in [-0.2, -0.15) is 0 Å². The largest absolute Gasteiger partial charge is 0.353 e. The van der Waals surface area contributed by atoms with Gasteiger partial charge in [0.2, 0.25) is 5.91 Å². The van der Waals surface area contributed by atoms with Crippen molar-refractivity contribution in [3.05, 3.63) is 52.0 Å². The summed E-state index contributed by atoms with van der Waals surface area (Å²) in [6, 6.07) is 6.62. The van der Waals surface area contributed by atoms with Crippen LogP contribution >= 0.6 is 0 Å². The number of benzene rings is 1. The normalized spacial score (nSPS) is 14.4. The number of aryl methyl sites for hydroxylation is 4. The lowest BCUT2D eigenvalue weighted by Crippen LogP contribution is -2.49. The van der Waals surface area contributed by atoms with E-state index in [1.54, 1.807) is 0 Å². The van der Waals surface area contributed by atoms with Crippen molar-refractivity contribution >= 4 is 11.7 Å². The predicted octanol–water partition coefficient (Wildman–Crippen LogP) is 4.14. The Morgan fingerprint density at radius 2 is 1.76 bits per heavy atom. The molecule has 0 spiro atoms. The van der Waals surface area contributed by atoms with Crippen molar-refractivity contribution in [1.82, 2.24) is 14.9 Å². The quantitative estimate of drug-likeness (QED) is 0.739. The maximum absolute atomic E-state index is 12.4. The van der Waals surface area contributed by atoms with Crippen LogP contribution in [0.25, 0.3) is 0 Å². The van der Waals surface area contributed by atoms with E-state index in [2.05, 4.69) is 55.8 Å². The van der Waals surface area contributed by atoms with Crippen molar-refractivity contribution in [3.63, 3.8) is 0 Å². The van der Waals surface area contributed by atoms with Gasteiger partial charge in [0.25, 0.3) is 0 Å². The van der Waals surface area contributed by atoms with E-state index in [-0.39, 0.29) is 5.91 Å². The molecule has 1 saturated heterocycles. The molecule has 156 valence electrons. The molecule has 5 nitrogen and oxygen atoms in total. The molecule has 0 unspecified atom stereocenters. The summed E-state index contributed by atoms with van der Waals surface area (Å²) < 4.78 is 0. The van der Waals surface area contributed by atoms with Gasteiger partial charge < -0.3 is 9.80 Å². The van der Waals surface area contributed by atoms with Crippen molar-refractivity contribution in [2.75, 3.05) is 31.1 Å².